The highest BCUT2D eigenvalue weighted by Crippen LogP contribution is 2.42. The average Bonchev–Trinajstić information content (AvgIpc) is 3.40. The number of nitrogens with zero attached hydrogens (tertiary/aromatic N) is 2. The summed E-state index contributed by atoms with van der Waals surface area (Å²) in [6.45, 7) is 7.34. The second kappa shape index (κ2) is 7.90. The van der Waals surface area contributed by atoms with Gasteiger partial charge in [-0.1, -0.05) is 11.3 Å². The minimum atomic E-state index is -3.57. The predicted molar refractivity (Wildman–Crippen MR) is 122 cm³/mol. The predicted octanol–water partition coefficient (Wildman–Crippen LogP) is 3.59. The van der Waals surface area contributed by atoms with Gasteiger partial charge in [-0.05, 0) is 62.8 Å². The Labute approximate surface area is 186 Å². The van der Waals surface area contributed by atoms with Gasteiger partial charge in [0, 0.05) is 19.5 Å². The number of hydrogen-bond acceptors (Lipinski definition) is 6. The Hall–Kier alpha value is -2.46. The second-order valence-corrected chi connectivity index (χ2v) is 11.2. The Morgan fingerprint density at radius 1 is 1.35 bits per heavy atom. The van der Waals surface area contributed by atoms with Crippen LogP contribution in [0.4, 0.5) is 10.8 Å². The molecule has 2 N–H and O–H groups in total. The van der Waals surface area contributed by atoms with Gasteiger partial charge in [-0.15, -0.1) is 0 Å². The second-order valence-electron chi connectivity index (χ2n) is 8.19. The van der Waals surface area contributed by atoms with E-state index >= 15 is 0 Å². The molecule has 0 bridgehead atoms. The van der Waals surface area contributed by atoms with Gasteiger partial charge in [-0.25, -0.2) is 13.4 Å². The van der Waals surface area contributed by atoms with Crippen LogP contribution >= 0.6 is 11.3 Å². The number of sulfonamides is 1. The molecule has 4 rings (SSSR count). The van der Waals surface area contributed by atoms with Crippen LogP contribution in [0.2, 0.25) is 0 Å². The van der Waals surface area contributed by atoms with Crippen LogP contribution in [0.25, 0.3) is 10.4 Å². The number of benzene rings is 1. The number of fused-ring (bicyclic) bond motifs is 1. The van der Waals surface area contributed by atoms with Crippen LogP contribution in [-0.4, -0.2) is 41.9 Å². The molecule has 1 aromatic heterocycles. The minimum Gasteiger partial charge on any atom is -0.331 e. The van der Waals surface area contributed by atoms with E-state index in [0.29, 0.717) is 28.8 Å². The number of anilines is 2. The quantitative estimate of drug-likeness (QED) is 0.654. The van der Waals surface area contributed by atoms with Crippen molar-refractivity contribution in [2.45, 2.75) is 53.1 Å². The molecule has 166 valence electrons. The van der Waals surface area contributed by atoms with Crippen LogP contribution in [0.5, 0.6) is 0 Å². The number of amides is 2. The fourth-order valence-electron chi connectivity index (χ4n) is 3.96. The number of aryl methyl sites for hydroxylation is 1. The van der Waals surface area contributed by atoms with Crippen molar-refractivity contribution in [1.29, 1.82) is 0 Å². The molecule has 1 aliphatic carbocycles. The van der Waals surface area contributed by atoms with Crippen molar-refractivity contribution in [1.82, 2.24) is 9.88 Å². The number of hydrogen-bond donors (Lipinski definition) is 2. The van der Waals surface area contributed by atoms with Crippen LogP contribution in [0.1, 0.15) is 55.2 Å². The fourth-order valence-corrected chi connectivity index (χ4v) is 5.60. The number of carbonyl (C=O) groups is 2. The fraction of sp³-hybridized carbons (Fsp3) is 0.476. The molecule has 0 saturated heterocycles. The van der Waals surface area contributed by atoms with Gasteiger partial charge in [-0.3, -0.25) is 14.3 Å². The van der Waals surface area contributed by atoms with E-state index in [1.165, 1.54) is 18.3 Å². The molecule has 0 radical (unpaired) electrons. The summed E-state index contributed by atoms with van der Waals surface area (Å²) in [4.78, 5) is 31.7. The number of rotatable bonds is 7. The lowest BCUT2D eigenvalue weighted by atomic mass is 10.0. The monoisotopic (exact) mass is 462 g/mol. The Morgan fingerprint density at radius 3 is 2.68 bits per heavy atom. The minimum absolute atomic E-state index is 0.0886. The topological polar surface area (TPSA) is 108 Å². The first-order valence-corrected chi connectivity index (χ1v) is 12.8. The maximum atomic E-state index is 13.2. The van der Waals surface area contributed by atoms with Crippen molar-refractivity contribution < 1.29 is 18.0 Å². The summed E-state index contributed by atoms with van der Waals surface area (Å²) in [5, 5.41) is 3.18. The molecule has 1 atom stereocenters. The molecule has 10 heteroatoms. The molecular formula is C21H26N4O4S2. The normalized spacial score (nSPS) is 16.9. The smallest absolute Gasteiger partial charge is 0.256 e. The van der Waals surface area contributed by atoms with E-state index in [0.717, 1.165) is 34.5 Å². The molecule has 0 spiro atoms. The van der Waals surface area contributed by atoms with Crippen molar-refractivity contribution in [2.24, 2.45) is 5.92 Å². The van der Waals surface area contributed by atoms with Crippen LogP contribution in [0.15, 0.2) is 12.1 Å². The Morgan fingerprint density at radius 2 is 2.06 bits per heavy atom. The third-order valence-electron chi connectivity index (χ3n) is 5.82. The first kappa shape index (κ1) is 21.8. The molecule has 8 nitrogen and oxygen atoms in total. The van der Waals surface area contributed by atoms with Crippen LogP contribution in [0.3, 0.4) is 0 Å². The third kappa shape index (κ3) is 4.31. The number of nitrogens with one attached hydrogen (secondary N) is 2. The highest BCUT2D eigenvalue weighted by Gasteiger charge is 2.40. The lowest BCUT2D eigenvalue weighted by molar-refractivity contribution is -0.114. The van der Waals surface area contributed by atoms with E-state index < -0.39 is 10.0 Å². The summed E-state index contributed by atoms with van der Waals surface area (Å²) in [5.41, 5.74) is 3.03. The first-order valence-electron chi connectivity index (χ1n) is 10.3. The summed E-state index contributed by atoms with van der Waals surface area (Å²) in [7, 11) is -3.57. The van der Waals surface area contributed by atoms with Crippen molar-refractivity contribution in [3.8, 4) is 10.4 Å². The highest BCUT2D eigenvalue weighted by molar-refractivity contribution is 7.92. The Balaban J connectivity index is 1.79. The zero-order valence-corrected chi connectivity index (χ0v) is 19.6. The summed E-state index contributed by atoms with van der Waals surface area (Å²) in [6.07, 6.45) is 2.24. The maximum Gasteiger partial charge on any atom is 0.256 e. The summed E-state index contributed by atoms with van der Waals surface area (Å²) in [5.74, 6) is 0.0856. The Bertz CT molecular complexity index is 1170. The maximum absolute atomic E-state index is 13.2. The van der Waals surface area contributed by atoms with Crippen LogP contribution < -0.4 is 10.0 Å². The van der Waals surface area contributed by atoms with Gasteiger partial charge in [0.2, 0.25) is 15.9 Å². The van der Waals surface area contributed by atoms with E-state index in [1.807, 2.05) is 17.9 Å². The van der Waals surface area contributed by atoms with Gasteiger partial charge in [0.05, 0.1) is 27.6 Å². The van der Waals surface area contributed by atoms with E-state index in [9.17, 15) is 18.0 Å². The van der Waals surface area contributed by atoms with Gasteiger partial charge in [-0.2, -0.15) is 0 Å². The van der Waals surface area contributed by atoms with E-state index in [1.54, 1.807) is 13.0 Å². The van der Waals surface area contributed by atoms with Gasteiger partial charge >= 0.3 is 0 Å². The van der Waals surface area contributed by atoms with Gasteiger partial charge in [0.15, 0.2) is 5.13 Å². The zero-order chi connectivity index (χ0) is 22.5. The van der Waals surface area contributed by atoms with Gasteiger partial charge < -0.3 is 10.2 Å². The Kier molecular flexibility index (Phi) is 5.55. The van der Waals surface area contributed by atoms with Crippen molar-refractivity contribution in [3.63, 3.8) is 0 Å². The highest BCUT2D eigenvalue weighted by atomic mass is 32.2. The largest absolute Gasteiger partial charge is 0.331 e. The summed E-state index contributed by atoms with van der Waals surface area (Å²) >= 11 is 1.32. The molecule has 2 amide bonds. The van der Waals surface area contributed by atoms with E-state index in [-0.39, 0.29) is 23.6 Å². The van der Waals surface area contributed by atoms with E-state index in [4.69, 9.17) is 0 Å². The van der Waals surface area contributed by atoms with Gasteiger partial charge in [0.1, 0.15) is 0 Å². The first-order chi connectivity index (χ1) is 14.6. The van der Waals surface area contributed by atoms with Crippen LogP contribution in [-0.2, 0) is 21.4 Å². The molecule has 2 aliphatic rings. The molecule has 2 heterocycles. The van der Waals surface area contributed by atoms with E-state index in [2.05, 4.69) is 21.9 Å². The van der Waals surface area contributed by atoms with Crippen molar-refractivity contribution in [2.75, 3.05) is 15.8 Å². The average molecular weight is 463 g/mol. The van der Waals surface area contributed by atoms with Crippen LogP contribution in [0, 0.1) is 12.8 Å². The third-order valence-corrected chi connectivity index (χ3v) is 8.23. The lowest BCUT2D eigenvalue weighted by Crippen LogP contribution is -2.35. The lowest BCUT2D eigenvalue weighted by Gasteiger charge is -2.24. The van der Waals surface area contributed by atoms with Gasteiger partial charge in [0.25, 0.3) is 5.91 Å². The molecule has 1 saturated carbocycles. The zero-order valence-electron chi connectivity index (χ0n) is 18.0. The molecule has 1 fully saturated rings. The molecular weight excluding hydrogens is 436 g/mol. The number of carbonyl (C=O) groups excluding carboxylic acids is 2. The standard InChI is InChI=1S/C21H26N4O4S2/c1-5-31(28,29)24-17-9-15(19-11(2)22-21(30-19)23-13(4)26)8-16-10-25(20(27)18(16)17)12(3)14-6-7-14/h8-9,12,14,24H,5-7,10H2,1-4H3,(H,22,23,26)/t12-/m0/s1. The molecule has 2 aromatic rings. The SMILES string of the molecule is CCS(=O)(=O)Nc1cc(-c2sc(NC(C)=O)nc2C)cc2c1C(=O)N([C@@H](C)C1CC1)C2. The molecule has 0 unspecified atom stereocenters. The summed E-state index contributed by atoms with van der Waals surface area (Å²) in [6, 6.07) is 3.76. The van der Waals surface area contributed by atoms with Crippen molar-refractivity contribution >= 4 is 44.0 Å². The number of aromatic nitrogens is 1. The molecule has 1 aromatic carbocycles. The van der Waals surface area contributed by atoms with Crippen molar-refractivity contribution in [3.05, 3.63) is 29.0 Å². The molecule has 1 aliphatic heterocycles. The summed E-state index contributed by atoms with van der Waals surface area (Å²) < 4.78 is 27.3. The number of thiazole rings is 1. The molecule has 31 heavy (non-hydrogen) atoms.